The lowest BCUT2D eigenvalue weighted by Gasteiger charge is -2.31. The molecule has 1 fully saturated rings. The van der Waals surface area contributed by atoms with Crippen LogP contribution in [-0.4, -0.2) is 115 Å². The average molecular weight is 669 g/mol. The highest BCUT2D eigenvalue weighted by atomic mass is 16.4. The summed E-state index contributed by atoms with van der Waals surface area (Å²) in [6.07, 6.45) is -5.95. The number of anilines is 1. The van der Waals surface area contributed by atoms with Crippen LogP contribution in [-0.2, 0) is 24.9 Å². The number of fused-ring (bicyclic) bond motifs is 2. The van der Waals surface area contributed by atoms with Crippen molar-refractivity contribution in [2.75, 3.05) is 24.6 Å². The number of carboxylic acids is 1. The predicted molar refractivity (Wildman–Crippen MR) is 174 cm³/mol. The molecule has 0 radical (unpaired) electrons. The highest BCUT2D eigenvalue weighted by Gasteiger charge is 2.34. The van der Waals surface area contributed by atoms with Gasteiger partial charge in [0.05, 0.1) is 25.2 Å². The Balaban J connectivity index is 0.000000341. The topological polar surface area (TPSA) is 255 Å². The zero-order valence-corrected chi connectivity index (χ0v) is 26.8. The number of imidazole rings is 1. The minimum absolute atomic E-state index is 0.0306. The SMILES string of the molecule is CC#CCn1c(N2CCC[C@@H](N)C2)nc2c1c(=O)n(Cc1nc(C)c3ccccc3n1)c(=O)n2C.O=C(O)[C@H](O)[C@H](O)[C@H](O)[C@@H](O)CO. The van der Waals surface area contributed by atoms with Crippen molar-refractivity contribution in [3.05, 3.63) is 56.6 Å². The van der Waals surface area contributed by atoms with Crippen LogP contribution < -0.4 is 21.9 Å². The fourth-order valence-electron chi connectivity index (χ4n) is 5.42. The number of carbonyl (C=O) groups is 1. The number of aliphatic hydroxyl groups excluding tert-OH is 5. The summed E-state index contributed by atoms with van der Waals surface area (Å²) in [7, 11) is 1.63. The Bertz CT molecular complexity index is 1960. The maximum absolute atomic E-state index is 13.7. The van der Waals surface area contributed by atoms with Gasteiger partial charge in [0.2, 0.25) is 5.95 Å². The van der Waals surface area contributed by atoms with E-state index in [2.05, 4.69) is 26.7 Å². The summed E-state index contributed by atoms with van der Waals surface area (Å²) in [5.74, 6) is 5.23. The Morgan fingerprint density at radius 1 is 1.08 bits per heavy atom. The van der Waals surface area contributed by atoms with E-state index in [9.17, 15) is 14.4 Å². The van der Waals surface area contributed by atoms with Crippen LogP contribution in [0.2, 0.25) is 0 Å². The molecular formula is C31H40N8O9. The van der Waals surface area contributed by atoms with E-state index in [1.165, 1.54) is 9.13 Å². The van der Waals surface area contributed by atoms with Crippen molar-refractivity contribution in [1.29, 1.82) is 0 Å². The van der Waals surface area contributed by atoms with E-state index in [0.29, 0.717) is 29.5 Å². The number of aliphatic hydroxyl groups is 5. The van der Waals surface area contributed by atoms with E-state index in [4.69, 9.17) is 41.4 Å². The van der Waals surface area contributed by atoms with Gasteiger partial charge >= 0.3 is 11.7 Å². The standard InChI is InChI=1S/C25H28N8O2.C6H12O7/c1-4-5-13-32-21-22(29-24(32)31-12-8-9-17(26)14-31)30(3)25(35)33(23(21)34)15-20-27-16(2)18-10-6-7-11-19(18)28-20;7-1-2(8)3(9)4(10)5(11)6(12)13/h6-7,10-11,17H,8-9,12-15,26H2,1-3H3;2-5,7-11H,1H2,(H,12,13)/t17-;2-,3+,4+,5+/m10/s1. The molecule has 5 atom stereocenters. The minimum atomic E-state index is -2.20. The van der Waals surface area contributed by atoms with Crippen molar-refractivity contribution in [2.45, 2.75) is 70.2 Å². The third-order valence-electron chi connectivity index (χ3n) is 8.01. The van der Waals surface area contributed by atoms with Crippen molar-refractivity contribution in [3.63, 3.8) is 0 Å². The van der Waals surface area contributed by atoms with Crippen LogP contribution >= 0.6 is 0 Å². The molecule has 0 saturated carbocycles. The Hall–Kier alpha value is -4.70. The van der Waals surface area contributed by atoms with E-state index in [0.717, 1.165) is 36.0 Å². The number of benzene rings is 1. The van der Waals surface area contributed by atoms with Crippen LogP contribution in [0, 0.1) is 18.8 Å². The molecular weight excluding hydrogens is 628 g/mol. The van der Waals surface area contributed by atoms with Crippen molar-refractivity contribution >= 4 is 34.0 Å². The number of aromatic nitrogens is 6. The summed E-state index contributed by atoms with van der Waals surface area (Å²) in [5, 5.41) is 52.8. The van der Waals surface area contributed by atoms with Crippen molar-refractivity contribution < 1.29 is 35.4 Å². The molecule has 4 heterocycles. The van der Waals surface area contributed by atoms with E-state index in [-0.39, 0.29) is 19.1 Å². The first kappa shape index (κ1) is 36.1. The number of nitrogens with zero attached hydrogens (tertiary/aromatic N) is 7. The van der Waals surface area contributed by atoms with Crippen LogP contribution in [0.15, 0.2) is 33.9 Å². The van der Waals surface area contributed by atoms with Gasteiger partial charge in [-0.05, 0) is 32.8 Å². The summed E-state index contributed by atoms with van der Waals surface area (Å²) >= 11 is 0. The summed E-state index contributed by atoms with van der Waals surface area (Å²) < 4.78 is 4.39. The fraction of sp³-hybridized carbons (Fsp3) is 0.484. The first-order valence-corrected chi connectivity index (χ1v) is 15.2. The van der Waals surface area contributed by atoms with Crippen LogP contribution in [0.4, 0.5) is 5.95 Å². The number of hydrogen-bond acceptors (Lipinski definition) is 13. The third-order valence-corrected chi connectivity index (χ3v) is 8.01. The molecule has 258 valence electrons. The number of hydrogen-bond donors (Lipinski definition) is 7. The van der Waals surface area contributed by atoms with Crippen LogP contribution in [0.3, 0.4) is 0 Å². The molecule has 1 aliphatic heterocycles. The molecule has 0 unspecified atom stereocenters. The number of aryl methyl sites for hydroxylation is 2. The second-order valence-electron chi connectivity index (χ2n) is 11.4. The molecule has 1 aromatic carbocycles. The lowest BCUT2D eigenvalue weighted by Crippen LogP contribution is -2.48. The normalized spacial score (nSPS) is 17.2. The predicted octanol–water partition coefficient (Wildman–Crippen LogP) is -2.35. The molecule has 17 heteroatoms. The Morgan fingerprint density at radius 2 is 1.79 bits per heavy atom. The van der Waals surface area contributed by atoms with Crippen LogP contribution in [0.5, 0.6) is 0 Å². The fourth-order valence-corrected chi connectivity index (χ4v) is 5.42. The third kappa shape index (κ3) is 7.54. The number of carboxylic acid groups (broad SMARTS) is 1. The van der Waals surface area contributed by atoms with E-state index >= 15 is 0 Å². The van der Waals surface area contributed by atoms with Gasteiger partial charge in [0.15, 0.2) is 17.3 Å². The molecule has 48 heavy (non-hydrogen) atoms. The number of rotatable bonds is 9. The molecule has 4 aromatic rings. The number of para-hydroxylation sites is 1. The molecule has 3 aromatic heterocycles. The van der Waals surface area contributed by atoms with Crippen LogP contribution in [0.1, 0.15) is 31.3 Å². The Labute approximate surface area is 274 Å². The Kier molecular flexibility index (Phi) is 11.6. The van der Waals surface area contributed by atoms with E-state index < -0.39 is 48.2 Å². The first-order chi connectivity index (χ1) is 22.8. The second kappa shape index (κ2) is 15.5. The summed E-state index contributed by atoms with van der Waals surface area (Å²) in [4.78, 5) is 53.1. The first-order valence-electron chi connectivity index (χ1n) is 15.2. The van der Waals surface area contributed by atoms with Crippen LogP contribution in [0.25, 0.3) is 22.1 Å². The number of piperidine rings is 1. The van der Waals surface area contributed by atoms with Crippen molar-refractivity contribution in [1.82, 2.24) is 28.7 Å². The maximum atomic E-state index is 13.7. The quantitative estimate of drug-likeness (QED) is 0.0923. The molecule has 0 amide bonds. The van der Waals surface area contributed by atoms with Gasteiger partial charge in [0, 0.05) is 37.3 Å². The van der Waals surface area contributed by atoms with Gasteiger partial charge < -0.3 is 41.3 Å². The Morgan fingerprint density at radius 3 is 2.44 bits per heavy atom. The second-order valence-corrected chi connectivity index (χ2v) is 11.4. The molecule has 17 nitrogen and oxygen atoms in total. The highest BCUT2D eigenvalue weighted by Crippen LogP contribution is 2.23. The molecule has 8 N–H and O–H groups in total. The van der Waals surface area contributed by atoms with E-state index in [1.54, 1.807) is 18.5 Å². The molecule has 0 spiro atoms. The zero-order valence-electron chi connectivity index (χ0n) is 26.8. The van der Waals surface area contributed by atoms with Gasteiger partial charge in [-0.2, -0.15) is 4.98 Å². The monoisotopic (exact) mass is 668 g/mol. The largest absolute Gasteiger partial charge is 0.479 e. The lowest BCUT2D eigenvalue weighted by molar-refractivity contribution is -0.164. The van der Waals surface area contributed by atoms with Gasteiger partial charge in [0.25, 0.3) is 5.56 Å². The lowest BCUT2D eigenvalue weighted by atomic mass is 10.0. The summed E-state index contributed by atoms with van der Waals surface area (Å²) in [6.45, 7) is 4.46. The van der Waals surface area contributed by atoms with Gasteiger partial charge in [0.1, 0.15) is 24.1 Å². The summed E-state index contributed by atoms with van der Waals surface area (Å²) in [6, 6.07) is 7.71. The average Bonchev–Trinajstić information content (AvgIpc) is 3.47. The summed E-state index contributed by atoms with van der Waals surface area (Å²) in [5.41, 5.74) is 7.54. The smallest absolute Gasteiger partial charge is 0.335 e. The number of nitrogens with two attached hydrogens (primary N) is 1. The van der Waals surface area contributed by atoms with Crippen molar-refractivity contribution in [3.8, 4) is 11.8 Å². The van der Waals surface area contributed by atoms with Crippen molar-refractivity contribution in [2.24, 2.45) is 12.8 Å². The van der Waals surface area contributed by atoms with Gasteiger partial charge in [-0.15, -0.1) is 5.92 Å². The molecule has 0 aliphatic carbocycles. The number of aliphatic carboxylic acids is 1. The molecule has 0 bridgehead atoms. The molecule has 5 rings (SSSR count). The highest BCUT2D eigenvalue weighted by molar-refractivity contribution is 5.80. The minimum Gasteiger partial charge on any atom is -0.479 e. The van der Waals surface area contributed by atoms with Gasteiger partial charge in [-0.25, -0.2) is 19.6 Å². The van der Waals surface area contributed by atoms with E-state index in [1.807, 2.05) is 31.2 Å². The zero-order chi connectivity index (χ0) is 35.3. The molecule has 1 saturated heterocycles. The van der Waals surface area contributed by atoms with Gasteiger partial charge in [-0.3, -0.25) is 18.5 Å². The maximum Gasteiger partial charge on any atom is 0.335 e. The molecule has 1 aliphatic rings. The van der Waals surface area contributed by atoms with Gasteiger partial charge in [-0.1, -0.05) is 24.1 Å².